The molecule has 6 nitrogen and oxygen atoms in total. The van der Waals surface area contributed by atoms with Crippen molar-refractivity contribution in [2.24, 2.45) is 10.9 Å². The molecule has 2 aromatic rings. The number of rotatable bonds is 1. The lowest BCUT2D eigenvalue weighted by Crippen LogP contribution is -2.39. The van der Waals surface area contributed by atoms with Gasteiger partial charge in [0.25, 0.3) is 5.95 Å². The normalized spacial score (nSPS) is 24.2. The summed E-state index contributed by atoms with van der Waals surface area (Å²) in [5.74, 6) is 0.469. The van der Waals surface area contributed by atoms with Crippen molar-refractivity contribution in [3.05, 3.63) is 34.3 Å². The Balaban J connectivity index is 1.90. The Bertz CT molecular complexity index is 753. The smallest absolute Gasteiger partial charge is 0.269 e. The number of halogens is 1. The Morgan fingerprint density at radius 3 is 3.05 bits per heavy atom. The molecule has 21 heavy (non-hydrogen) atoms. The van der Waals surface area contributed by atoms with Crippen LogP contribution in [-0.2, 0) is 4.79 Å². The number of nitrogens with zero attached hydrogens (tertiary/aromatic N) is 5. The summed E-state index contributed by atoms with van der Waals surface area (Å²) >= 11 is 3.49. The van der Waals surface area contributed by atoms with Crippen LogP contribution in [0.3, 0.4) is 0 Å². The number of fused-ring (bicyclic) bond motifs is 2. The minimum Gasteiger partial charge on any atom is -0.299 e. The average Bonchev–Trinajstić information content (AvgIpc) is 2.93. The lowest BCUT2D eigenvalue weighted by molar-refractivity contribution is -0.122. The molecular formula is C14H12BrN5O. The maximum atomic E-state index is 12.5. The van der Waals surface area contributed by atoms with E-state index in [2.05, 4.69) is 36.4 Å². The predicted molar refractivity (Wildman–Crippen MR) is 79.5 cm³/mol. The van der Waals surface area contributed by atoms with Crippen molar-refractivity contribution >= 4 is 33.4 Å². The molecular weight excluding hydrogens is 334 g/mol. The summed E-state index contributed by atoms with van der Waals surface area (Å²) in [5, 5.41) is 11.7. The number of benzene rings is 1. The van der Waals surface area contributed by atoms with Crippen molar-refractivity contribution in [3.63, 3.8) is 0 Å². The van der Waals surface area contributed by atoms with Crippen LogP contribution in [0.1, 0.15) is 30.9 Å². The van der Waals surface area contributed by atoms with Crippen LogP contribution in [0.15, 0.2) is 33.7 Å². The number of carbonyl (C=O) groups is 1. The second kappa shape index (κ2) is 4.84. The van der Waals surface area contributed by atoms with E-state index in [0.29, 0.717) is 12.4 Å². The maximum Gasteiger partial charge on any atom is 0.269 e. The fourth-order valence-electron chi connectivity index (χ4n) is 3.16. The van der Waals surface area contributed by atoms with Gasteiger partial charge in [0, 0.05) is 16.6 Å². The first-order valence-corrected chi connectivity index (χ1v) is 7.67. The van der Waals surface area contributed by atoms with Gasteiger partial charge in [-0.3, -0.25) is 4.79 Å². The van der Waals surface area contributed by atoms with E-state index in [1.807, 2.05) is 24.3 Å². The highest BCUT2D eigenvalue weighted by atomic mass is 79.9. The lowest BCUT2D eigenvalue weighted by Gasteiger charge is -2.33. The van der Waals surface area contributed by atoms with Crippen LogP contribution in [-0.4, -0.2) is 31.7 Å². The van der Waals surface area contributed by atoms with Gasteiger partial charge in [-0.15, -0.1) is 0 Å². The Morgan fingerprint density at radius 2 is 2.19 bits per heavy atom. The predicted octanol–water partition coefficient (Wildman–Crippen LogP) is 2.48. The molecule has 4 rings (SSSR count). The molecule has 0 spiro atoms. The van der Waals surface area contributed by atoms with Gasteiger partial charge in [-0.1, -0.05) is 33.2 Å². The van der Waals surface area contributed by atoms with Crippen molar-refractivity contribution in [1.82, 2.24) is 20.2 Å². The summed E-state index contributed by atoms with van der Waals surface area (Å²) in [6.45, 7) is 0. The standard InChI is InChI=1S/C14H12BrN5O/c15-9-4-1-3-8(7-9)13-12-10(5-2-6-11(12)21)16-14-17-18-19-20(13)14/h1,3-4,7,12-13H,2,5-6H2. The average molecular weight is 346 g/mol. The van der Waals surface area contributed by atoms with Crippen molar-refractivity contribution in [2.75, 3.05) is 0 Å². The van der Waals surface area contributed by atoms with E-state index < -0.39 is 0 Å². The first-order chi connectivity index (χ1) is 10.2. The van der Waals surface area contributed by atoms with E-state index in [1.54, 1.807) is 4.68 Å². The Hall–Kier alpha value is -1.89. The molecule has 1 aromatic carbocycles. The second-order valence-corrected chi connectivity index (χ2v) is 6.24. The lowest BCUT2D eigenvalue weighted by atomic mass is 9.78. The quantitative estimate of drug-likeness (QED) is 0.795. The van der Waals surface area contributed by atoms with Crippen molar-refractivity contribution in [2.45, 2.75) is 25.3 Å². The molecule has 0 N–H and O–H groups in total. The molecule has 1 fully saturated rings. The third kappa shape index (κ3) is 2.03. The Labute approximate surface area is 129 Å². The number of Topliss-reactive ketones (excluding diaryl/α,β-unsaturated/α-hetero) is 1. The monoisotopic (exact) mass is 345 g/mol. The van der Waals surface area contributed by atoms with E-state index >= 15 is 0 Å². The van der Waals surface area contributed by atoms with Crippen molar-refractivity contribution < 1.29 is 4.79 Å². The molecule has 1 aliphatic heterocycles. The summed E-state index contributed by atoms with van der Waals surface area (Å²) in [4.78, 5) is 16.9. The SMILES string of the molecule is O=C1CCCC2=Nc3nnnn3C(c3cccc(Br)c3)C12. The minimum atomic E-state index is -0.246. The highest BCUT2D eigenvalue weighted by molar-refractivity contribution is 9.10. The molecule has 0 bridgehead atoms. The Kier molecular flexibility index (Phi) is 2.95. The zero-order chi connectivity index (χ0) is 14.4. The molecule has 7 heteroatoms. The van der Waals surface area contributed by atoms with Crippen LogP contribution in [0.2, 0.25) is 0 Å². The zero-order valence-corrected chi connectivity index (χ0v) is 12.7. The fraction of sp³-hybridized carbons (Fsp3) is 0.357. The molecule has 1 aromatic heterocycles. The molecule has 106 valence electrons. The summed E-state index contributed by atoms with van der Waals surface area (Å²) in [5.41, 5.74) is 1.93. The van der Waals surface area contributed by atoms with Crippen LogP contribution >= 0.6 is 15.9 Å². The molecule has 1 aliphatic carbocycles. The zero-order valence-electron chi connectivity index (χ0n) is 11.1. The molecule has 2 unspecified atom stereocenters. The molecule has 2 atom stereocenters. The van der Waals surface area contributed by atoms with Crippen LogP contribution in [0, 0.1) is 5.92 Å². The molecule has 2 aliphatic rings. The number of hydrogen-bond donors (Lipinski definition) is 0. The van der Waals surface area contributed by atoms with Gasteiger partial charge < -0.3 is 0 Å². The van der Waals surface area contributed by atoms with E-state index in [9.17, 15) is 4.79 Å². The second-order valence-electron chi connectivity index (χ2n) is 5.32. The number of aliphatic imine (C=N–C) groups is 1. The van der Waals surface area contributed by atoms with E-state index in [1.165, 1.54) is 0 Å². The summed E-state index contributed by atoms with van der Waals surface area (Å²) < 4.78 is 2.64. The van der Waals surface area contributed by atoms with Gasteiger partial charge in [-0.25, -0.2) is 9.67 Å². The number of tetrazole rings is 1. The van der Waals surface area contributed by atoms with Crippen LogP contribution in [0.5, 0.6) is 0 Å². The number of aromatic nitrogens is 4. The Morgan fingerprint density at radius 1 is 1.29 bits per heavy atom. The van der Waals surface area contributed by atoms with Crippen LogP contribution in [0.4, 0.5) is 5.95 Å². The van der Waals surface area contributed by atoms with E-state index in [0.717, 1.165) is 28.6 Å². The van der Waals surface area contributed by atoms with Crippen LogP contribution in [0.25, 0.3) is 0 Å². The van der Waals surface area contributed by atoms with Gasteiger partial charge in [0.05, 0.1) is 12.0 Å². The van der Waals surface area contributed by atoms with E-state index in [-0.39, 0.29) is 17.7 Å². The molecule has 0 saturated heterocycles. The highest BCUT2D eigenvalue weighted by Crippen LogP contribution is 2.39. The van der Waals surface area contributed by atoms with Crippen LogP contribution < -0.4 is 0 Å². The van der Waals surface area contributed by atoms with Gasteiger partial charge >= 0.3 is 0 Å². The van der Waals surface area contributed by atoms with Crippen molar-refractivity contribution in [3.8, 4) is 0 Å². The minimum absolute atomic E-state index is 0.201. The maximum absolute atomic E-state index is 12.5. The van der Waals surface area contributed by atoms with E-state index in [4.69, 9.17) is 0 Å². The molecule has 2 heterocycles. The third-order valence-corrected chi connectivity index (χ3v) is 4.54. The topological polar surface area (TPSA) is 73.0 Å². The van der Waals surface area contributed by atoms with Gasteiger partial charge in [-0.05, 0) is 41.0 Å². The summed E-state index contributed by atoms with van der Waals surface area (Å²) in [6.07, 6.45) is 2.31. The highest BCUT2D eigenvalue weighted by Gasteiger charge is 2.41. The number of ketones is 1. The van der Waals surface area contributed by atoms with Gasteiger partial charge in [0.15, 0.2) is 0 Å². The van der Waals surface area contributed by atoms with Gasteiger partial charge in [0.1, 0.15) is 5.78 Å². The molecule has 0 amide bonds. The summed E-state index contributed by atoms with van der Waals surface area (Å²) in [6, 6.07) is 7.74. The number of hydrogen-bond acceptors (Lipinski definition) is 5. The van der Waals surface area contributed by atoms with Gasteiger partial charge in [-0.2, -0.15) is 0 Å². The first-order valence-electron chi connectivity index (χ1n) is 6.87. The fourth-order valence-corrected chi connectivity index (χ4v) is 3.58. The third-order valence-electron chi connectivity index (χ3n) is 4.05. The number of carbonyl (C=O) groups excluding carboxylic acids is 1. The molecule has 1 saturated carbocycles. The molecule has 0 radical (unpaired) electrons. The largest absolute Gasteiger partial charge is 0.299 e. The summed E-state index contributed by atoms with van der Waals surface area (Å²) in [7, 11) is 0. The first kappa shape index (κ1) is 12.8. The van der Waals surface area contributed by atoms with Crippen molar-refractivity contribution in [1.29, 1.82) is 0 Å². The van der Waals surface area contributed by atoms with Gasteiger partial charge in [0.2, 0.25) is 0 Å².